The van der Waals surface area contributed by atoms with E-state index in [0.29, 0.717) is 6.42 Å². The van der Waals surface area contributed by atoms with Crippen molar-refractivity contribution in [3.63, 3.8) is 0 Å². The third kappa shape index (κ3) is 3.13. The van der Waals surface area contributed by atoms with Gasteiger partial charge in [-0.15, -0.1) is 0 Å². The van der Waals surface area contributed by atoms with Crippen LogP contribution in [0.5, 0.6) is 0 Å². The van der Waals surface area contributed by atoms with Crippen LogP contribution in [0.25, 0.3) is 0 Å². The van der Waals surface area contributed by atoms with Crippen molar-refractivity contribution in [3.05, 3.63) is 82.0 Å². The van der Waals surface area contributed by atoms with Crippen LogP contribution in [0.3, 0.4) is 0 Å². The molecule has 1 atom stereocenters. The Morgan fingerprint density at radius 2 is 1.74 bits per heavy atom. The molecule has 0 radical (unpaired) electrons. The van der Waals surface area contributed by atoms with Gasteiger partial charge in [-0.2, -0.15) is 0 Å². The van der Waals surface area contributed by atoms with Crippen molar-refractivity contribution in [1.29, 1.82) is 0 Å². The molecule has 0 amide bonds. The lowest BCUT2D eigenvalue weighted by Crippen LogP contribution is -2.28. The molecule has 23 heavy (non-hydrogen) atoms. The van der Waals surface area contributed by atoms with E-state index in [-0.39, 0.29) is 17.5 Å². The Balaban J connectivity index is 1.96. The standard InChI is InChI=1S/C18H16N2O3/c1-13-2-6-15(7-3-13)19-11-10-17(21)12-18(19)14-4-8-16(9-5-14)20(22)23/h2-11,18H,12H2,1H3. The van der Waals surface area contributed by atoms with Crippen LogP contribution in [-0.2, 0) is 4.79 Å². The quantitative estimate of drug-likeness (QED) is 0.636. The maximum absolute atomic E-state index is 11.8. The van der Waals surface area contributed by atoms with E-state index in [9.17, 15) is 14.9 Å². The first-order valence-corrected chi connectivity index (χ1v) is 7.35. The Morgan fingerprint density at radius 1 is 1.09 bits per heavy atom. The maximum atomic E-state index is 11.8. The smallest absolute Gasteiger partial charge is 0.269 e. The van der Waals surface area contributed by atoms with E-state index in [1.807, 2.05) is 36.1 Å². The average molecular weight is 308 g/mol. The lowest BCUT2D eigenvalue weighted by molar-refractivity contribution is -0.384. The minimum atomic E-state index is -0.423. The number of non-ortho nitro benzene ring substituents is 1. The van der Waals surface area contributed by atoms with E-state index in [1.54, 1.807) is 24.4 Å². The van der Waals surface area contributed by atoms with Gasteiger partial charge in [-0.25, -0.2) is 0 Å². The number of nitrogens with zero attached hydrogens (tertiary/aromatic N) is 2. The number of ketones is 1. The number of nitro benzene ring substituents is 1. The van der Waals surface area contributed by atoms with Crippen molar-refractivity contribution in [3.8, 4) is 0 Å². The fourth-order valence-electron chi connectivity index (χ4n) is 2.70. The Kier molecular flexibility index (Phi) is 3.93. The summed E-state index contributed by atoms with van der Waals surface area (Å²) >= 11 is 0. The number of carbonyl (C=O) groups excluding carboxylic acids is 1. The fraction of sp³-hybridized carbons (Fsp3) is 0.167. The summed E-state index contributed by atoms with van der Waals surface area (Å²) in [5.74, 6) is 0.0525. The van der Waals surface area contributed by atoms with Gasteiger partial charge in [0.05, 0.1) is 11.0 Å². The molecule has 2 aromatic rings. The molecule has 5 heteroatoms. The molecule has 0 bridgehead atoms. The summed E-state index contributed by atoms with van der Waals surface area (Å²) in [6, 6.07) is 14.3. The summed E-state index contributed by atoms with van der Waals surface area (Å²) in [5.41, 5.74) is 3.09. The average Bonchev–Trinajstić information content (AvgIpc) is 2.56. The van der Waals surface area contributed by atoms with Crippen LogP contribution in [0.4, 0.5) is 11.4 Å². The second-order valence-electron chi connectivity index (χ2n) is 5.59. The van der Waals surface area contributed by atoms with Crippen molar-refractivity contribution >= 4 is 17.2 Å². The summed E-state index contributed by atoms with van der Waals surface area (Å²) in [5, 5.41) is 10.8. The summed E-state index contributed by atoms with van der Waals surface area (Å²) in [4.78, 5) is 24.2. The molecule has 0 saturated heterocycles. The summed E-state index contributed by atoms with van der Waals surface area (Å²) in [7, 11) is 0. The van der Waals surface area contributed by atoms with Crippen molar-refractivity contribution in [1.82, 2.24) is 0 Å². The van der Waals surface area contributed by atoms with E-state index < -0.39 is 4.92 Å². The number of hydrogen-bond acceptors (Lipinski definition) is 4. The monoisotopic (exact) mass is 308 g/mol. The number of nitro groups is 1. The van der Waals surface area contributed by atoms with E-state index >= 15 is 0 Å². The van der Waals surface area contributed by atoms with Crippen molar-refractivity contribution in [2.75, 3.05) is 4.90 Å². The number of carbonyl (C=O) groups is 1. The zero-order valence-electron chi connectivity index (χ0n) is 12.7. The molecular formula is C18H16N2O3. The van der Waals surface area contributed by atoms with Crippen LogP contribution in [-0.4, -0.2) is 10.7 Å². The first kappa shape index (κ1) is 15.0. The van der Waals surface area contributed by atoms with Crippen LogP contribution in [0.1, 0.15) is 23.6 Å². The molecule has 1 unspecified atom stereocenters. The largest absolute Gasteiger partial charge is 0.340 e. The molecule has 1 aliphatic rings. The third-order valence-electron chi connectivity index (χ3n) is 3.97. The first-order chi connectivity index (χ1) is 11.0. The maximum Gasteiger partial charge on any atom is 0.269 e. The van der Waals surface area contributed by atoms with Gasteiger partial charge in [0.25, 0.3) is 5.69 Å². The lowest BCUT2D eigenvalue weighted by Gasteiger charge is -2.33. The number of benzene rings is 2. The number of hydrogen-bond donors (Lipinski definition) is 0. The predicted octanol–water partition coefficient (Wildman–Crippen LogP) is 3.94. The van der Waals surface area contributed by atoms with Gasteiger partial charge in [0.15, 0.2) is 5.78 Å². The Hall–Kier alpha value is -2.95. The van der Waals surface area contributed by atoms with Crippen LogP contribution in [0, 0.1) is 17.0 Å². The van der Waals surface area contributed by atoms with Crippen LogP contribution < -0.4 is 4.90 Å². The Bertz CT molecular complexity index is 764. The Morgan fingerprint density at radius 3 is 2.35 bits per heavy atom. The van der Waals surface area contributed by atoms with E-state index in [4.69, 9.17) is 0 Å². The van der Waals surface area contributed by atoms with Gasteiger partial charge in [-0.1, -0.05) is 29.8 Å². The molecule has 0 spiro atoms. The zero-order valence-corrected chi connectivity index (χ0v) is 12.7. The van der Waals surface area contributed by atoms with Gasteiger partial charge in [0, 0.05) is 30.4 Å². The highest BCUT2D eigenvalue weighted by Gasteiger charge is 2.25. The van der Waals surface area contributed by atoms with Gasteiger partial charge >= 0.3 is 0 Å². The van der Waals surface area contributed by atoms with Crippen LogP contribution >= 0.6 is 0 Å². The van der Waals surface area contributed by atoms with Gasteiger partial charge in [-0.05, 0) is 30.7 Å². The highest BCUT2D eigenvalue weighted by molar-refractivity contribution is 5.92. The molecular weight excluding hydrogens is 292 g/mol. The number of allylic oxidation sites excluding steroid dienone is 1. The molecule has 1 aliphatic heterocycles. The van der Waals surface area contributed by atoms with Gasteiger partial charge < -0.3 is 4.90 Å². The second kappa shape index (κ2) is 6.04. The SMILES string of the molecule is Cc1ccc(N2C=CC(=O)CC2c2ccc([N+](=O)[O-])cc2)cc1. The minimum Gasteiger partial charge on any atom is -0.340 e. The molecule has 1 heterocycles. The fourth-order valence-corrected chi connectivity index (χ4v) is 2.70. The van der Waals surface area contributed by atoms with E-state index in [1.165, 1.54) is 12.1 Å². The number of aryl methyl sites for hydroxylation is 1. The van der Waals surface area contributed by atoms with Gasteiger partial charge in [-0.3, -0.25) is 14.9 Å². The van der Waals surface area contributed by atoms with E-state index in [0.717, 1.165) is 16.8 Å². The molecule has 3 rings (SSSR count). The molecule has 0 N–H and O–H groups in total. The molecule has 0 aliphatic carbocycles. The third-order valence-corrected chi connectivity index (χ3v) is 3.97. The van der Waals surface area contributed by atoms with E-state index in [2.05, 4.69) is 0 Å². The van der Waals surface area contributed by atoms with Crippen LogP contribution in [0.15, 0.2) is 60.8 Å². The molecule has 0 fully saturated rings. The van der Waals surface area contributed by atoms with Gasteiger partial charge in [0.1, 0.15) is 0 Å². The highest BCUT2D eigenvalue weighted by atomic mass is 16.6. The second-order valence-corrected chi connectivity index (χ2v) is 5.59. The van der Waals surface area contributed by atoms with Crippen molar-refractivity contribution < 1.29 is 9.72 Å². The molecule has 116 valence electrons. The van der Waals surface area contributed by atoms with Crippen LogP contribution in [0.2, 0.25) is 0 Å². The number of rotatable bonds is 3. The summed E-state index contributed by atoms with van der Waals surface area (Å²) < 4.78 is 0. The molecule has 5 nitrogen and oxygen atoms in total. The first-order valence-electron chi connectivity index (χ1n) is 7.35. The molecule has 2 aromatic carbocycles. The molecule has 0 aromatic heterocycles. The zero-order chi connectivity index (χ0) is 16.4. The minimum absolute atomic E-state index is 0.0494. The predicted molar refractivity (Wildman–Crippen MR) is 88.3 cm³/mol. The highest BCUT2D eigenvalue weighted by Crippen LogP contribution is 2.33. The summed E-state index contributed by atoms with van der Waals surface area (Å²) in [6.45, 7) is 2.02. The number of anilines is 1. The summed E-state index contributed by atoms with van der Waals surface area (Å²) in [6.07, 6.45) is 3.70. The van der Waals surface area contributed by atoms with Crippen molar-refractivity contribution in [2.24, 2.45) is 0 Å². The normalized spacial score (nSPS) is 17.3. The van der Waals surface area contributed by atoms with Crippen molar-refractivity contribution in [2.45, 2.75) is 19.4 Å². The Labute approximate surface area is 134 Å². The molecule has 0 saturated carbocycles. The topological polar surface area (TPSA) is 63.5 Å². The van der Waals surface area contributed by atoms with Gasteiger partial charge in [0.2, 0.25) is 0 Å². The lowest BCUT2D eigenvalue weighted by atomic mass is 9.96.